The molecule has 124 valence electrons. The molecule has 0 bridgehead atoms. The van der Waals surface area contributed by atoms with Gasteiger partial charge in [-0.05, 0) is 26.8 Å². The quantitative estimate of drug-likeness (QED) is 0.830. The molecule has 8 heteroatoms. The Morgan fingerprint density at radius 2 is 2.00 bits per heavy atom. The van der Waals surface area contributed by atoms with Crippen molar-refractivity contribution in [2.75, 3.05) is 24.7 Å². The van der Waals surface area contributed by atoms with Gasteiger partial charge in [0.05, 0.1) is 5.56 Å². The van der Waals surface area contributed by atoms with Gasteiger partial charge in [0.1, 0.15) is 0 Å². The van der Waals surface area contributed by atoms with Crippen LogP contribution in [0, 0.1) is 13.8 Å². The van der Waals surface area contributed by atoms with E-state index in [0.29, 0.717) is 17.3 Å². The maximum atomic E-state index is 12.3. The third kappa shape index (κ3) is 3.58. The van der Waals surface area contributed by atoms with Crippen molar-refractivity contribution in [2.45, 2.75) is 33.9 Å². The Morgan fingerprint density at radius 1 is 1.30 bits per heavy atom. The van der Waals surface area contributed by atoms with Crippen molar-refractivity contribution in [2.24, 2.45) is 0 Å². The average molecular weight is 318 g/mol. The summed E-state index contributed by atoms with van der Waals surface area (Å²) in [4.78, 5) is 26.2. The molecule has 0 fully saturated rings. The van der Waals surface area contributed by atoms with Gasteiger partial charge in [0.15, 0.2) is 12.4 Å². The molecule has 0 aliphatic carbocycles. The topological polar surface area (TPSA) is 99.2 Å². The molecule has 2 aromatic heterocycles. The Hall–Kier alpha value is -2.64. The standard InChI is InChI=1S/C15H22N6O2/c1-6-21-9(2)7-11(10(21)3)13(22)23-8-12-17-14(16)19-15(18-12)20(4)5/h7H,6,8H2,1-5H3,(H2,16,17,18,19). The van der Waals surface area contributed by atoms with E-state index in [1.54, 1.807) is 19.0 Å². The number of nitrogens with two attached hydrogens (primary N) is 1. The zero-order valence-corrected chi connectivity index (χ0v) is 14.1. The lowest BCUT2D eigenvalue weighted by Crippen LogP contribution is -2.17. The molecule has 0 radical (unpaired) electrons. The van der Waals surface area contributed by atoms with E-state index in [-0.39, 0.29) is 12.6 Å². The molecule has 0 saturated carbocycles. The van der Waals surface area contributed by atoms with Crippen LogP contribution in [0.25, 0.3) is 0 Å². The van der Waals surface area contributed by atoms with Gasteiger partial charge in [0, 0.05) is 32.0 Å². The van der Waals surface area contributed by atoms with Gasteiger partial charge in [-0.2, -0.15) is 15.0 Å². The summed E-state index contributed by atoms with van der Waals surface area (Å²) in [5, 5.41) is 0. The summed E-state index contributed by atoms with van der Waals surface area (Å²) >= 11 is 0. The number of hydrogen-bond donors (Lipinski definition) is 1. The van der Waals surface area contributed by atoms with E-state index >= 15 is 0 Å². The highest BCUT2D eigenvalue weighted by Gasteiger charge is 2.17. The van der Waals surface area contributed by atoms with Crippen LogP contribution >= 0.6 is 0 Å². The molecule has 0 aliphatic heterocycles. The van der Waals surface area contributed by atoms with Crippen molar-refractivity contribution in [3.05, 3.63) is 28.8 Å². The molecule has 0 unspecified atom stereocenters. The highest BCUT2D eigenvalue weighted by molar-refractivity contribution is 5.91. The van der Waals surface area contributed by atoms with Crippen molar-refractivity contribution < 1.29 is 9.53 Å². The summed E-state index contributed by atoms with van der Waals surface area (Å²) in [5.41, 5.74) is 8.11. The highest BCUT2D eigenvalue weighted by atomic mass is 16.5. The van der Waals surface area contributed by atoms with Crippen molar-refractivity contribution in [3.63, 3.8) is 0 Å². The maximum Gasteiger partial charge on any atom is 0.340 e. The molecule has 2 heterocycles. The van der Waals surface area contributed by atoms with Crippen molar-refractivity contribution >= 4 is 17.9 Å². The van der Waals surface area contributed by atoms with Gasteiger partial charge < -0.3 is 19.9 Å². The zero-order chi connectivity index (χ0) is 17.1. The number of nitrogens with zero attached hydrogens (tertiary/aromatic N) is 5. The van der Waals surface area contributed by atoms with Crippen LogP contribution in [0.2, 0.25) is 0 Å². The van der Waals surface area contributed by atoms with Crippen LogP contribution in [0.1, 0.15) is 34.5 Å². The van der Waals surface area contributed by atoms with Gasteiger partial charge >= 0.3 is 5.97 Å². The number of nitrogen functional groups attached to an aromatic ring is 1. The Labute approximate surface area is 135 Å². The van der Waals surface area contributed by atoms with Crippen LogP contribution in [-0.2, 0) is 17.9 Å². The molecule has 8 nitrogen and oxygen atoms in total. The lowest BCUT2D eigenvalue weighted by molar-refractivity contribution is 0.0461. The second kappa shape index (κ2) is 6.64. The van der Waals surface area contributed by atoms with Gasteiger partial charge in [-0.15, -0.1) is 0 Å². The highest BCUT2D eigenvalue weighted by Crippen LogP contribution is 2.16. The van der Waals surface area contributed by atoms with E-state index in [0.717, 1.165) is 17.9 Å². The number of rotatable bonds is 5. The van der Waals surface area contributed by atoms with Gasteiger partial charge in [0.2, 0.25) is 11.9 Å². The van der Waals surface area contributed by atoms with Gasteiger partial charge in [-0.1, -0.05) is 0 Å². The fourth-order valence-corrected chi connectivity index (χ4v) is 2.39. The smallest absolute Gasteiger partial charge is 0.340 e. The van der Waals surface area contributed by atoms with E-state index in [2.05, 4.69) is 19.5 Å². The molecule has 0 aliphatic rings. The summed E-state index contributed by atoms with van der Waals surface area (Å²) in [6.07, 6.45) is 0. The number of esters is 1. The summed E-state index contributed by atoms with van der Waals surface area (Å²) in [6.45, 7) is 6.65. The van der Waals surface area contributed by atoms with E-state index in [9.17, 15) is 4.79 Å². The van der Waals surface area contributed by atoms with Crippen LogP contribution in [0.15, 0.2) is 6.07 Å². The lowest BCUT2D eigenvalue weighted by Gasteiger charge is -2.11. The first-order valence-electron chi connectivity index (χ1n) is 7.35. The number of carbonyl (C=O) groups excluding carboxylic acids is 1. The first kappa shape index (κ1) is 16.7. The normalized spacial score (nSPS) is 10.7. The predicted molar refractivity (Wildman–Crippen MR) is 87.3 cm³/mol. The molecule has 0 saturated heterocycles. The lowest BCUT2D eigenvalue weighted by atomic mass is 10.2. The van der Waals surface area contributed by atoms with Gasteiger partial charge in [-0.25, -0.2) is 4.79 Å². The molecule has 2 rings (SSSR count). The number of anilines is 2. The molecule has 23 heavy (non-hydrogen) atoms. The minimum atomic E-state index is -0.400. The third-order valence-electron chi connectivity index (χ3n) is 3.53. The summed E-state index contributed by atoms with van der Waals surface area (Å²) in [6, 6.07) is 1.83. The van der Waals surface area contributed by atoms with E-state index in [1.807, 2.05) is 26.8 Å². The first-order valence-corrected chi connectivity index (χ1v) is 7.35. The predicted octanol–water partition coefficient (Wildman–Crippen LogP) is 1.32. The largest absolute Gasteiger partial charge is 0.454 e. The molecule has 0 atom stereocenters. The van der Waals surface area contributed by atoms with Crippen LogP contribution in [0.3, 0.4) is 0 Å². The number of aryl methyl sites for hydroxylation is 1. The monoisotopic (exact) mass is 318 g/mol. The number of carbonyl (C=O) groups is 1. The maximum absolute atomic E-state index is 12.3. The number of ether oxygens (including phenoxy) is 1. The minimum Gasteiger partial charge on any atom is -0.454 e. The van der Waals surface area contributed by atoms with E-state index < -0.39 is 5.97 Å². The fourth-order valence-electron chi connectivity index (χ4n) is 2.39. The summed E-state index contributed by atoms with van der Waals surface area (Å²) in [7, 11) is 3.59. The van der Waals surface area contributed by atoms with Crippen molar-refractivity contribution in [1.82, 2.24) is 19.5 Å². The average Bonchev–Trinajstić information content (AvgIpc) is 2.78. The summed E-state index contributed by atoms with van der Waals surface area (Å²) < 4.78 is 7.38. The molecule has 0 spiro atoms. The number of aromatic nitrogens is 4. The Balaban J connectivity index is 2.13. The Bertz CT molecular complexity index is 723. The second-order valence-corrected chi connectivity index (χ2v) is 5.41. The SMILES string of the molecule is CCn1c(C)cc(C(=O)OCc2nc(N)nc(N(C)C)n2)c1C. The second-order valence-electron chi connectivity index (χ2n) is 5.41. The van der Waals surface area contributed by atoms with E-state index in [4.69, 9.17) is 10.5 Å². The molecule has 2 N–H and O–H groups in total. The van der Waals surface area contributed by atoms with Crippen LogP contribution in [0.4, 0.5) is 11.9 Å². The molecule has 0 aromatic carbocycles. The minimum absolute atomic E-state index is 0.0534. The van der Waals surface area contributed by atoms with Crippen LogP contribution in [0.5, 0.6) is 0 Å². The summed E-state index contributed by atoms with van der Waals surface area (Å²) in [5.74, 6) is 0.439. The Morgan fingerprint density at radius 3 is 2.57 bits per heavy atom. The first-order chi connectivity index (χ1) is 10.8. The van der Waals surface area contributed by atoms with Crippen molar-refractivity contribution in [3.8, 4) is 0 Å². The van der Waals surface area contributed by atoms with Crippen LogP contribution in [-0.4, -0.2) is 39.6 Å². The molecule has 0 amide bonds. The zero-order valence-electron chi connectivity index (χ0n) is 14.1. The molecular formula is C15H22N6O2. The van der Waals surface area contributed by atoms with E-state index in [1.165, 1.54) is 0 Å². The van der Waals surface area contributed by atoms with Crippen LogP contribution < -0.4 is 10.6 Å². The fraction of sp³-hybridized carbons (Fsp3) is 0.467. The molecular weight excluding hydrogens is 296 g/mol. The van der Waals surface area contributed by atoms with Gasteiger partial charge in [-0.3, -0.25) is 0 Å². The van der Waals surface area contributed by atoms with Gasteiger partial charge in [0.25, 0.3) is 0 Å². The molecule has 2 aromatic rings. The Kier molecular flexibility index (Phi) is 4.83. The number of hydrogen-bond acceptors (Lipinski definition) is 7. The van der Waals surface area contributed by atoms with Crippen molar-refractivity contribution in [1.29, 1.82) is 0 Å². The third-order valence-corrected chi connectivity index (χ3v) is 3.53.